The number of carbonyl (C=O) groups excluding carboxylic acids is 2. The second-order valence-corrected chi connectivity index (χ2v) is 8.77. The van der Waals surface area contributed by atoms with E-state index < -0.39 is 11.8 Å². The Morgan fingerprint density at radius 2 is 1.69 bits per heavy atom. The van der Waals surface area contributed by atoms with Crippen LogP contribution in [-0.2, 0) is 14.3 Å². The van der Waals surface area contributed by atoms with Crippen LogP contribution in [0.25, 0.3) is 0 Å². The summed E-state index contributed by atoms with van der Waals surface area (Å²) in [5.41, 5.74) is 4.17. The Bertz CT molecular complexity index is 1070. The van der Waals surface area contributed by atoms with Gasteiger partial charge in [-0.1, -0.05) is 42.5 Å². The quantitative estimate of drug-likeness (QED) is 0.609. The molecule has 0 N–H and O–H groups in total. The van der Waals surface area contributed by atoms with Crippen molar-refractivity contribution in [1.29, 1.82) is 0 Å². The van der Waals surface area contributed by atoms with Gasteiger partial charge in [0.2, 0.25) is 0 Å². The number of allylic oxidation sites excluding steroid dienone is 2. The Morgan fingerprint density at radius 3 is 2.31 bits per heavy atom. The van der Waals surface area contributed by atoms with E-state index in [1.807, 2.05) is 63.2 Å². The highest BCUT2D eigenvalue weighted by atomic mass is 16.5. The van der Waals surface area contributed by atoms with Crippen LogP contribution >= 0.6 is 0 Å². The van der Waals surface area contributed by atoms with E-state index >= 15 is 0 Å². The number of hydrogen-bond acceptors (Lipinski definition) is 5. The molecule has 1 aliphatic carbocycles. The van der Waals surface area contributed by atoms with Crippen LogP contribution in [0.5, 0.6) is 5.75 Å². The molecular formula is C27H29NO4. The van der Waals surface area contributed by atoms with Crippen LogP contribution in [0.4, 0.5) is 0 Å². The number of benzene rings is 2. The molecule has 0 amide bonds. The van der Waals surface area contributed by atoms with Crippen molar-refractivity contribution < 1.29 is 19.1 Å². The van der Waals surface area contributed by atoms with Gasteiger partial charge < -0.3 is 9.47 Å². The number of esters is 1. The molecule has 2 aliphatic rings. The van der Waals surface area contributed by atoms with Gasteiger partial charge in [-0.2, -0.15) is 0 Å². The topological polar surface area (TPSA) is 65.0 Å². The molecule has 4 rings (SSSR count). The summed E-state index contributed by atoms with van der Waals surface area (Å²) >= 11 is 0. The van der Waals surface area contributed by atoms with Crippen molar-refractivity contribution >= 4 is 17.5 Å². The summed E-state index contributed by atoms with van der Waals surface area (Å²) in [6.07, 6.45) is 0.851. The average Bonchev–Trinajstić information content (AvgIpc) is 2.78. The lowest BCUT2D eigenvalue weighted by Crippen LogP contribution is -2.38. The minimum Gasteiger partial charge on any atom is -0.497 e. The SMILES string of the molecule is COc1ccc([C@@H]2C3=C(C[C@@H](c4ccccc4)CC3=O)N=C(C)C2C(=O)OC(C)C)cc1. The summed E-state index contributed by atoms with van der Waals surface area (Å²) in [6.45, 7) is 5.52. The largest absolute Gasteiger partial charge is 0.497 e. The molecule has 0 radical (unpaired) electrons. The van der Waals surface area contributed by atoms with E-state index in [2.05, 4.69) is 12.1 Å². The molecule has 0 fully saturated rings. The van der Waals surface area contributed by atoms with Crippen molar-refractivity contribution in [2.75, 3.05) is 7.11 Å². The number of nitrogens with zero attached hydrogens (tertiary/aromatic N) is 1. The Hall–Kier alpha value is -3.21. The Kier molecular flexibility index (Phi) is 6.26. The molecule has 0 aromatic heterocycles. The second-order valence-electron chi connectivity index (χ2n) is 8.77. The van der Waals surface area contributed by atoms with Crippen LogP contribution in [0.3, 0.4) is 0 Å². The first kappa shape index (κ1) is 22.0. The zero-order valence-electron chi connectivity index (χ0n) is 19.0. The Morgan fingerprint density at radius 1 is 1.00 bits per heavy atom. The van der Waals surface area contributed by atoms with Gasteiger partial charge in [0.25, 0.3) is 0 Å². The van der Waals surface area contributed by atoms with Crippen molar-refractivity contribution in [2.45, 2.75) is 51.6 Å². The summed E-state index contributed by atoms with van der Waals surface area (Å²) < 4.78 is 10.9. The molecule has 2 aromatic carbocycles. The van der Waals surface area contributed by atoms with Crippen molar-refractivity contribution in [3.05, 3.63) is 77.0 Å². The summed E-state index contributed by atoms with van der Waals surface area (Å²) in [4.78, 5) is 31.4. The molecule has 0 saturated carbocycles. The Balaban J connectivity index is 1.79. The molecule has 1 unspecified atom stereocenters. The minimum absolute atomic E-state index is 0.0551. The maximum atomic E-state index is 13.5. The lowest BCUT2D eigenvalue weighted by Gasteiger charge is -2.36. The fraction of sp³-hybridized carbons (Fsp3) is 0.370. The molecule has 5 heteroatoms. The number of carbonyl (C=O) groups is 2. The van der Waals surface area contributed by atoms with Crippen molar-refractivity contribution in [1.82, 2.24) is 0 Å². The van der Waals surface area contributed by atoms with Gasteiger partial charge in [0.15, 0.2) is 5.78 Å². The van der Waals surface area contributed by atoms with E-state index in [1.165, 1.54) is 0 Å². The average molecular weight is 432 g/mol. The van der Waals surface area contributed by atoms with E-state index in [4.69, 9.17) is 14.5 Å². The summed E-state index contributed by atoms with van der Waals surface area (Å²) in [7, 11) is 1.62. The van der Waals surface area contributed by atoms with Gasteiger partial charge >= 0.3 is 5.97 Å². The number of Topliss-reactive ketones (excluding diaryl/α,β-unsaturated/α-hetero) is 1. The van der Waals surface area contributed by atoms with Crippen LogP contribution in [-0.4, -0.2) is 30.7 Å². The monoisotopic (exact) mass is 431 g/mol. The molecule has 5 nitrogen and oxygen atoms in total. The van der Waals surface area contributed by atoms with Gasteiger partial charge in [0, 0.05) is 29.3 Å². The molecule has 1 heterocycles. The van der Waals surface area contributed by atoms with Gasteiger partial charge in [0.1, 0.15) is 11.7 Å². The standard InChI is InChI=1S/C27H29NO4/c1-16(2)32-27(30)24-17(3)28-22-14-20(18-8-6-5-7-9-18)15-23(29)26(22)25(24)19-10-12-21(31-4)13-11-19/h5-13,16,20,24-25H,14-15H2,1-4H3/t20-,24?,25+/m1/s1. The van der Waals surface area contributed by atoms with E-state index in [0.29, 0.717) is 24.1 Å². The molecule has 32 heavy (non-hydrogen) atoms. The summed E-state index contributed by atoms with van der Waals surface area (Å²) in [5.74, 6) is -0.504. The molecule has 0 bridgehead atoms. The maximum Gasteiger partial charge on any atom is 0.315 e. The zero-order chi connectivity index (χ0) is 22.8. The van der Waals surface area contributed by atoms with Crippen LogP contribution in [0.2, 0.25) is 0 Å². The lowest BCUT2D eigenvalue weighted by molar-refractivity contribution is -0.150. The van der Waals surface area contributed by atoms with Gasteiger partial charge in [-0.25, -0.2) is 0 Å². The smallest absolute Gasteiger partial charge is 0.315 e. The highest BCUT2D eigenvalue weighted by Crippen LogP contribution is 2.47. The minimum atomic E-state index is -0.623. The van der Waals surface area contributed by atoms with Gasteiger partial charge in [-0.3, -0.25) is 14.6 Å². The lowest BCUT2D eigenvalue weighted by atomic mass is 9.69. The second kappa shape index (κ2) is 9.11. The highest BCUT2D eigenvalue weighted by Gasteiger charge is 2.44. The summed E-state index contributed by atoms with van der Waals surface area (Å²) in [6, 6.07) is 17.7. The van der Waals surface area contributed by atoms with E-state index in [-0.39, 0.29) is 23.8 Å². The number of aliphatic imine (C=N–C) groups is 1. The third-order valence-corrected chi connectivity index (χ3v) is 6.24. The van der Waals surface area contributed by atoms with Crippen molar-refractivity contribution in [2.24, 2.45) is 10.9 Å². The van der Waals surface area contributed by atoms with Crippen LogP contribution in [0.1, 0.15) is 56.6 Å². The number of methoxy groups -OCH3 is 1. The van der Waals surface area contributed by atoms with E-state index in [0.717, 1.165) is 22.6 Å². The van der Waals surface area contributed by atoms with Gasteiger partial charge in [0.05, 0.1) is 13.2 Å². The van der Waals surface area contributed by atoms with Crippen molar-refractivity contribution in [3.63, 3.8) is 0 Å². The third-order valence-electron chi connectivity index (χ3n) is 6.24. The van der Waals surface area contributed by atoms with Crippen LogP contribution in [0.15, 0.2) is 70.9 Å². The van der Waals surface area contributed by atoms with Crippen LogP contribution in [0, 0.1) is 5.92 Å². The molecule has 0 saturated heterocycles. The highest BCUT2D eigenvalue weighted by molar-refractivity contribution is 6.09. The molecule has 1 aliphatic heterocycles. The first-order valence-corrected chi connectivity index (χ1v) is 11.1. The zero-order valence-corrected chi connectivity index (χ0v) is 19.0. The first-order chi connectivity index (χ1) is 15.4. The predicted octanol–water partition coefficient (Wildman–Crippen LogP) is 5.22. The molecule has 3 atom stereocenters. The van der Waals surface area contributed by atoms with Gasteiger partial charge in [-0.05, 0) is 56.4 Å². The summed E-state index contributed by atoms with van der Waals surface area (Å²) in [5, 5.41) is 0. The normalized spacial score (nSPS) is 23.0. The Labute approximate surface area is 189 Å². The molecular weight excluding hydrogens is 402 g/mol. The van der Waals surface area contributed by atoms with Crippen molar-refractivity contribution in [3.8, 4) is 5.75 Å². The number of ketones is 1. The van der Waals surface area contributed by atoms with E-state index in [9.17, 15) is 9.59 Å². The van der Waals surface area contributed by atoms with Gasteiger partial charge in [-0.15, -0.1) is 0 Å². The van der Waals surface area contributed by atoms with Crippen LogP contribution < -0.4 is 4.74 Å². The third kappa shape index (κ3) is 4.24. The molecule has 0 spiro atoms. The number of ether oxygens (including phenoxy) is 2. The van der Waals surface area contributed by atoms with E-state index in [1.54, 1.807) is 7.11 Å². The number of rotatable bonds is 5. The molecule has 166 valence electrons. The molecule has 2 aromatic rings. The fourth-order valence-electron chi connectivity index (χ4n) is 4.80. The first-order valence-electron chi connectivity index (χ1n) is 11.1. The number of hydrogen-bond donors (Lipinski definition) is 0. The maximum absolute atomic E-state index is 13.5. The predicted molar refractivity (Wildman–Crippen MR) is 124 cm³/mol. The fourth-order valence-corrected chi connectivity index (χ4v) is 4.80.